The Morgan fingerprint density at radius 3 is 1.15 bits per heavy atom. The lowest BCUT2D eigenvalue weighted by Crippen LogP contribution is -2.44. The number of β-amino-alcohol motifs (C(OH)–C–C–N with tert-alkyl or cyclic N) is 1. The molecule has 0 radical (unpaired) electrons. The summed E-state index contributed by atoms with van der Waals surface area (Å²) in [5, 5.41) is 12.8. The summed E-state index contributed by atoms with van der Waals surface area (Å²) >= 11 is 0. The van der Waals surface area contributed by atoms with E-state index in [0.717, 1.165) is 141 Å². The molecule has 0 unspecified atom stereocenters. The van der Waals surface area contributed by atoms with Gasteiger partial charge in [-0.2, -0.15) is 26.3 Å². The Morgan fingerprint density at radius 1 is 0.483 bits per heavy atom. The van der Waals surface area contributed by atoms with Gasteiger partial charge in [0.15, 0.2) is 25.7 Å². The van der Waals surface area contributed by atoms with Crippen LogP contribution in [0.25, 0.3) is 50.7 Å². The van der Waals surface area contributed by atoms with Gasteiger partial charge in [-0.25, -0.2) is 15.0 Å². The number of carbonyl (C=O) groups is 3. The highest BCUT2D eigenvalue weighted by Gasteiger charge is 2.38. The Balaban J connectivity index is 0.000000155. The Morgan fingerprint density at radius 2 is 0.831 bits per heavy atom. The molecule has 3 atom stereocenters. The van der Waals surface area contributed by atoms with Crippen molar-refractivity contribution in [2.24, 2.45) is 35.5 Å². The SMILES string of the molecule is COc1cc(-c2cnc3cc(OC[C@@H]4CCCN(CCO)C4)ccn23)cc(OC(F)F)c1C(=O)CC1CC1.COc1cc(-c2cnc3cc(OC[C@@H]4CCCN(CCO[Si](C)(C)C(C)(C)C)C4)ccn23)cc(OC(F)F)c1C(=O)CC1CC1.COc1cc(-c2cnc3cc(OC[C@@H]4CCCNC4)ccn23)cc(OC(F)F)c1C(=O)CC1CC1. The minimum Gasteiger partial charge on any atom is -0.496 e. The lowest BCUT2D eigenvalue weighted by molar-refractivity contribution is -0.0509. The number of ketones is 3. The fourth-order valence-corrected chi connectivity index (χ4v) is 16.5. The largest absolute Gasteiger partial charge is 0.496 e. The second-order valence-corrected chi connectivity index (χ2v) is 38.1. The van der Waals surface area contributed by atoms with Crippen molar-refractivity contribution in [1.82, 2.24) is 43.3 Å². The Labute approximate surface area is 685 Å². The van der Waals surface area contributed by atoms with Crippen molar-refractivity contribution in [2.75, 3.05) is 107 Å². The van der Waals surface area contributed by atoms with Crippen LogP contribution in [0.4, 0.5) is 26.3 Å². The maximum absolute atomic E-state index is 13.4. The molecule has 6 fully saturated rings. The van der Waals surface area contributed by atoms with Gasteiger partial charge in [0.1, 0.15) is 85.4 Å². The van der Waals surface area contributed by atoms with Gasteiger partial charge in [0.25, 0.3) is 0 Å². The Bertz CT molecular complexity index is 4920. The average Bonchev–Trinajstić information content (AvgIpc) is 1.66. The van der Waals surface area contributed by atoms with Crippen LogP contribution in [0.3, 0.4) is 0 Å². The molecular weight excluding hydrogens is 1550 g/mol. The summed E-state index contributed by atoms with van der Waals surface area (Å²) in [5.74, 6) is 3.60. The molecule has 0 bridgehead atoms. The summed E-state index contributed by atoms with van der Waals surface area (Å²) in [7, 11) is 2.50. The fourth-order valence-electron chi connectivity index (χ4n) is 15.4. The number of aromatic nitrogens is 6. The van der Waals surface area contributed by atoms with Gasteiger partial charge >= 0.3 is 19.8 Å². The van der Waals surface area contributed by atoms with Crippen LogP contribution in [-0.4, -0.2) is 195 Å². The predicted molar refractivity (Wildman–Crippen MR) is 437 cm³/mol. The molecule has 6 aliphatic rings. The number of hydrogen-bond acceptors (Lipinski definition) is 20. The number of carbonyl (C=O) groups excluding carboxylic acids is 3. The third-order valence-electron chi connectivity index (χ3n) is 23.4. The first-order chi connectivity index (χ1) is 56.8. The van der Waals surface area contributed by atoms with Gasteiger partial charge < -0.3 is 67.3 Å². The molecule has 9 aromatic rings. The number of fused-ring (bicyclic) bond motifs is 3. The number of halogens is 6. The molecule has 3 aromatic carbocycles. The van der Waals surface area contributed by atoms with Crippen molar-refractivity contribution in [1.29, 1.82) is 0 Å². The first-order valence-electron chi connectivity index (χ1n) is 41.1. The number of hydrogen-bond donors (Lipinski definition) is 2. The fraction of sp³-hybridized carbons (Fsp3) is 0.523. The number of methoxy groups -OCH3 is 3. The molecule has 3 saturated carbocycles. The molecule has 2 N–H and O–H groups in total. The molecule has 15 rings (SSSR count). The molecule has 0 amide bonds. The van der Waals surface area contributed by atoms with Crippen LogP contribution in [0.2, 0.25) is 18.1 Å². The topological polar surface area (TPSA) is 234 Å². The number of aliphatic hydroxyl groups excluding tert-OH is 1. The van der Waals surface area contributed by atoms with E-state index in [1.165, 1.54) is 39.5 Å². The van der Waals surface area contributed by atoms with E-state index in [1.807, 2.05) is 68.2 Å². The van der Waals surface area contributed by atoms with Gasteiger partial charge in [0, 0.05) is 130 Å². The van der Waals surface area contributed by atoms with Gasteiger partial charge in [0.05, 0.1) is 83.4 Å². The molecule has 23 nitrogen and oxygen atoms in total. The number of aliphatic hydroxyl groups is 1. The zero-order valence-electron chi connectivity index (χ0n) is 68.5. The van der Waals surface area contributed by atoms with E-state index in [0.29, 0.717) is 125 Å². The molecule has 3 aliphatic heterocycles. The van der Waals surface area contributed by atoms with Crippen molar-refractivity contribution in [3.05, 3.63) is 127 Å². The van der Waals surface area contributed by atoms with Gasteiger partial charge in [-0.15, -0.1) is 0 Å². The molecule has 3 aliphatic carbocycles. The van der Waals surface area contributed by atoms with E-state index in [2.05, 4.69) is 63.9 Å². The van der Waals surface area contributed by atoms with Crippen LogP contribution in [0, 0.1) is 35.5 Å². The Kier molecular flexibility index (Phi) is 28.7. The molecular formula is C88H109F6N9O14Si. The minimum atomic E-state index is -3.08. The van der Waals surface area contributed by atoms with Crippen molar-refractivity contribution < 1.29 is 92.9 Å². The molecule has 30 heteroatoms. The number of alkyl halides is 6. The van der Waals surface area contributed by atoms with Crippen molar-refractivity contribution in [2.45, 2.75) is 155 Å². The quantitative estimate of drug-likeness (QED) is 0.0211. The van der Waals surface area contributed by atoms with E-state index >= 15 is 0 Å². The summed E-state index contributed by atoms with van der Waals surface area (Å²) in [6.45, 7) is 12.6. The summed E-state index contributed by atoms with van der Waals surface area (Å²) in [4.78, 5) is 57.0. The van der Waals surface area contributed by atoms with E-state index in [-0.39, 0.29) is 93.0 Å². The van der Waals surface area contributed by atoms with E-state index in [4.69, 9.17) is 47.1 Å². The van der Waals surface area contributed by atoms with Gasteiger partial charge in [-0.05, 0) is 187 Å². The van der Waals surface area contributed by atoms with Crippen molar-refractivity contribution in [3.63, 3.8) is 0 Å². The first-order valence-corrected chi connectivity index (χ1v) is 44.0. The summed E-state index contributed by atoms with van der Waals surface area (Å²) in [5.41, 5.74) is 5.68. The summed E-state index contributed by atoms with van der Waals surface area (Å²) in [6.07, 6.45) is 23.9. The number of benzene rings is 3. The molecule has 118 heavy (non-hydrogen) atoms. The zero-order chi connectivity index (χ0) is 83.4. The number of ether oxygens (including phenoxy) is 9. The number of nitrogens with zero attached hydrogens (tertiary/aromatic N) is 8. The third kappa shape index (κ3) is 22.5. The minimum absolute atomic E-state index is 0.0493. The maximum atomic E-state index is 13.4. The number of imidazole rings is 3. The second-order valence-electron chi connectivity index (χ2n) is 33.3. The van der Waals surface area contributed by atoms with Crippen LogP contribution in [0.1, 0.15) is 148 Å². The summed E-state index contributed by atoms with van der Waals surface area (Å²) < 4.78 is 141. The van der Waals surface area contributed by atoms with Crippen molar-refractivity contribution in [3.8, 4) is 85.5 Å². The number of piperidine rings is 3. The van der Waals surface area contributed by atoms with Crippen LogP contribution in [-0.2, 0) is 4.43 Å². The number of likely N-dealkylation sites (tertiary alicyclic amines) is 2. The van der Waals surface area contributed by atoms with Crippen LogP contribution >= 0.6 is 0 Å². The zero-order valence-corrected chi connectivity index (χ0v) is 69.5. The normalized spacial score (nSPS) is 18.1. The van der Waals surface area contributed by atoms with Gasteiger partial charge in [-0.1, -0.05) is 20.8 Å². The van der Waals surface area contributed by atoms with E-state index in [9.17, 15) is 45.8 Å². The average molecular weight is 1660 g/mol. The lowest BCUT2D eigenvalue weighted by atomic mass is 9.99. The van der Waals surface area contributed by atoms with Crippen molar-refractivity contribution >= 4 is 42.6 Å². The number of nitrogens with one attached hydrogen (secondary N) is 1. The monoisotopic (exact) mass is 1660 g/mol. The highest BCUT2D eigenvalue weighted by molar-refractivity contribution is 6.74. The smallest absolute Gasteiger partial charge is 0.387 e. The van der Waals surface area contributed by atoms with Crippen LogP contribution in [0.15, 0.2) is 110 Å². The first kappa shape index (κ1) is 86.4. The summed E-state index contributed by atoms with van der Waals surface area (Å²) in [6, 6.07) is 20.5. The highest BCUT2D eigenvalue weighted by atomic mass is 28.4. The van der Waals surface area contributed by atoms with E-state index < -0.39 is 28.2 Å². The molecule has 3 saturated heterocycles. The molecule has 636 valence electrons. The Hall–Kier alpha value is -9.46. The number of Topliss-reactive ketones (excluding diaryl/α,β-unsaturated/α-hetero) is 3. The van der Waals surface area contributed by atoms with Gasteiger partial charge in [-0.3, -0.25) is 27.6 Å². The third-order valence-corrected chi connectivity index (χ3v) is 27.9. The van der Waals surface area contributed by atoms with Gasteiger partial charge in [0.2, 0.25) is 0 Å². The van der Waals surface area contributed by atoms with E-state index in [1.54, 1.807) is 36.8 Å². The predicted octanol–water partition coefficient (Wildman–Crippen LogP) is 17.4. The standard InChI is InChI=1S/C34H47F2N3O5Si.C28H33F2N3O5.C26H29F2N3O4/c1-34(2,3)45(5,6)43-15-14-38-12-7-8-24(21-38)22-42-26-11-13-39-27(20-37-31(39)19-26)25-17-29(41-4)32(28(40)16-23-9-10-23)30(18-25)44-33(35)36;1-36-24-12-20(13-25(38-28(29)30)27(24)23(35)11-18-4-5-18)22-15-31-26-14-21(6-8-33(22)26)37-17-19-3-2-7-32(16-19)9-10-34;1-33-22-10-18(11-23(35-26(27)28)25(22)21(32)9-16-4-5-16)20-14-30-24-12-19(6-8-31(20)24)34-15-17-3-2-7-29-13-17/h11,13,17-20,23-24,33H,7-10,12,14-16,21-22H2,1-6H3;6,8,12-15,18-19,28,34H,2-5,7,9-11,16-17H2,1H3;6,8,10-12,14,16-17,26,29H,2-5,7,9,13,15H2,1H3/t24-;19-;17-/m111/s1. The van der Waals surface area contributed by atoms with Crippen LogP contribution < -0.4 is 47.9 Å². The second kappa shape index (κ2) is 39.2. The molecule has 6 aromatic heterocycles. The maximum Gasteiger partial charge on any atom is 0.387 e. The molecule has 9 heterocycles. The number of pyridine rings is 3. The molecule has 0 spiro atoms. The van der Waals surface area contributed by atoms with Crippen LogP contribution in [0.5, 0.6) is 51.7 Å². The lowest BCUT2D eigenvalue weighted by Gasteiger charge is -2.38. The number of rotatable bonds is 36. The highest BCUT2D eigenvalue weighted by Crippen LogP contribution is 2.46.